The van der Waals surface area contributed by atoms with Crippen LogP contribution in [0.4, 0.5) is 5.69 Å². The lowest BCUT2D eigenvalue weighted by Crippen LogP contribution is -2.37. The highest BCUT2D eigenvalue weighted by atomic mass is 32.2. The summed E-state index contributed by atoms with van der Waals surface area (Å²) in [5.41, 5.74) is 13.3. The molecular weight excluding hydrogens is 258 g/mol. The van der Waals surface area contributed by atoms with Gasteiger partial charge in [-0.05, 0) is 24.3 Å². The van der Waals surface area contributed by atoms with Gasteiger partial charge in [0.05, 0.1) is 6.54 Å². The minimum absolute atomic E-state index is 0.225. The number of nitrogens with two attached hydrogens (primary N) is 2. The van der Waals surface area contributed by atoms with Crippen molar-refractivity contribution in [1.29, 1.82) is 0 Å². The SMILES string of the molecule is CSc1cccc(N(CC(N)=O)CC(C)C)c1CN. The van der Waals surface area contributed by atoms with Crippen LogP contribution in [-0.2, 0) is 11.3 Å². The van der Waals surface area contributed by atoms with E-state index in [1.165, 1.54) is 0 Å². The van der Waals surface area contributed by atoms with Crippen molar-refractivity contribution in [3.8, 4) is 0 Å². The number of nitrogens with zero attached hydrogens (tertiary/aromatic N) is 1. The van der Waals surface area contributed by atoms with Gasteiger partial charge in [-0.25, -0.2) is 0 Å². The van der Waals surface area contributed by atoms with Gasteiger partial charge < -0.3 is 16.4 Å². The number of amides is 1. The second-order valence-electron chi connectivity index (χ2n) is 4.90. The van der Waals surface area contributed by atoms with Crippen LogP contribution in [0.2, 0.25) is 0 Å². The highest BCUT2D eigenvalue weighted by molar-refractivity contribution is 7.98. The van der Waals surface area contributed by atoms with Gasteiger partial charge in [0.1, 0.15) is 0 Å². The summed E-state index contributed by atoms with van der Waals surface area (Å²) in [7, 11) is 0. The van der Waals surface area contributed by atoms with Gasteiger partial charge in [0.2, 0.25) is 5.91 Å². The highest BCUT2D eigenvalue weighted by Crippen LogP contribution is 2.29. The quantitative estimate of drug-likeness (QED) is 0.748. The monoisotopic (exact) mass is 281 g/mol. The molecule has 1 aromatic carbocycles. The van der Waals surface area contributed by atoms with E-state index in [1.807, 2.05) is 29.4 Å². The van der Waals surface area contributed by atoms with Gasteiger partial charge in [0.15, 0.2) is 0 Å². The number of carbonyl (C=O) groups excluding carboxylic acids is 1. The average Bonchev–Trinajstić information content (AvgIpc) is 2.35. The predicted octanol–water partition coefficient (Wildman–Crippen LogP) is 1.81. The first-order valence-electron chi connectivity index (χ1n) is 6.38. The van der Waals surface area contributed by atoms with Gasteiger partial charge in [-0.15, -0.1) is 11.8 Å². The molecule has 1 rings (SSSR count). The maximum Gasteiger partial charge on any atom is 0.236 e. The number of thioether (sulfide) groups is 1. The first-order chi connectivity index (χ1) is 8.99. The van der Waals surface area contributed by atoms with Crippen LogP contribution in [0.1, 0.15) is 19.4 Å². The molecule has 4 nitrogen and oxygen atoms in total. The first-order valence-corrected chi connectivity index (χ1v) is 7.61. The van der Waals surface area contributed by atoms with E-state index in [0.717, 1.165) is 22.7 Å². The number of carbonyl (C=O) groups is 1. The van der Waals surface area contributed by atoms with Gasteiger partial charge in [-0.1, -0.05) is 19.9 Å². The van der Waals surface area contributed by atoms with Crippen LogP contribution in [-0.4, -0.2) is 25.3 Å². The molecule has 4 N–H and O–H groups in total. The number of anilines is 1. The molecule has 0 aliphatic heterocycles. The normalized spacial score (nSPS) is 10.8. The van der Waals surface area contributed by atoms with Crippen molar-refractivity contribution < 1.29 is 4.79 Å². The topological polar surface area (TPSA) is 72.3 Å². The number of rotatable bonds is 7. The molecule has 0 heterocycles. The van der Waals surface area contributed by atoms with Crippen molar-refractivity contribution in [2.24, 2.45) is 17.4 Å². The molecule has 0 bridgehead atoms. The zero-order valence-electron chi connectivity index (χ0n) is 11.8. The summed E-state index contributed by atoms with van der Waals surface area (Å²) < 4.78 is 0. The third-order valence-corrected chi connectivity index (χ3v) is 3.63. The van der Waals surface area contributed by atoms with E-state index in [9.17, 15) is 4.79 Å². The Morgan fingerprint density at radius 2 is 2.11 bits per heavy atom. The fourth-order valence-electron chi connectivity index (χ4n) is 2.12. The molecule has 1 amide bonds. The van der Waals surface area contributed by atoms with Crippen molar-refractivity contribution in [1.82, 2.24) is 0 Å². The highest BCUT2D eigenvalue weighted by Gasteiger charge is 2.16. The third kappa shape index (κ3) is 4.44. The molecule has 0 aromatic heterocycles. The second kappa shape index (κ2) is 7.40. The molecule has 0 radical (unpaired) electrons. The Bertz CT molecular complexity index is 435. The fourth-order valence-corrected chi connectivity index (χ4v) is 2.77. The molecule has 0 saturated carbocycles. The Morgan fingerprint density at radius 3 is 2.58 bits per heavy atom. The van der Waals surface area contributed by atoms with Crippen LogP contribution in [0.5, 0.6) is 0 Å². The zero-order valence-corrected chi connectivity index (χ0v) is 12.7. The lowest BCUT2D eigenvalue weighted by atomic mass is 10.1. The molecule has 0 aliphatic rings. The van der Waals surface area contributed by atoms with E-state index in [0.29, 0.717) is 12.5 Å². The Morgan fingerprint density at radius 1 is 1.42 bits per heavy atom. The lowest BCUT2D eigenvalue weighted by molar-refractivity contribution is -0.116. The smallest absolute Gasteiger partial charge is 0.236 e. The van der Waals surface area contributed by atoms with Crippen LogP contribution in [0.15, 0.2) is 23.1 Å². The molecule has 1 aromatic rings. The summed E-state index contributed by atoms with van der Waals surface area (Å²) in [5.74, 6) is 0.126. The predicted molar refractivity (Wildman–Crippen MR) is 82.4 cm³/mol. The van der Waals surface area contributed by atoms with Gasteiger partial charge in [0.25, 0.3) is 0 Å². The second-order valence-corrected chi connectivity index (χ2v) is 5.75. The molecule has 19 heavy (non-hydrogen) atoms. The summed E-state index contributed by atoms with van der Waals surface area (Å²) in [6.07, 6.45) is 2.03. The summed E-state index contributed by atoms with van der Waals surface area (Å²) >= 11 is 1.67. The first kappa shape index (κ1) is 15.9. The van der Waals surface area contributed by atoms with E-state index in [4.69, 9.17) is 11.5 Å². The van der Waals surface area contributed by atoms with Crippen LogP contribution in [0.25, 0.3) is 0 Å². The van der Waals surface area contributed by atoms with Gasteiger partial charge >= 0.3 is 0 Å². The number of hydrogen-bond donors (Lipinski definition) is 2. The van der Waals surface area contributed by atoms with E-state index >= 15 is 0 Å². The maximum atomic E-state index is 11.3. The van der Waals surface area contributed by atoms with Crippen molar-refractivity contribution in [2.75, 3.05) is 24.2 Å². The van der Waals surface area contributed by atoms with Crippen LogP contribution in [0.3, 0.4) is 0 Å². The summed E-state index contributed by atoms with van der Waals surface area (Å²) in [6.45, 7) is 5.71. The molecular formula is C14H23N3OS. The largest absolute Gasteiger partial charge is 0.368 e. The van der Waals surface area contributed by atoms with Crippen molar-refractivity contribution in [3.05, 3.63) is 23.8 Å². The van der Waals surface area contributed by atoms with Crippen LogP contribution < -0.4 is 16.4 Å². The summed E-state index contributed by atoms with van der Waals surface area (Å²) in [4.78, 5) is 14.4. The maximum absolute atomic E-state index is 11.3. The van der Waals surface area contributed by atoms with E-state index < -0.39 is 0 Å². The molecule has 0 spiro atoms. The molecule has 106 valence electrons. The fraction of sp³-hybridized carbons (Fsp3) is 0.500. The summed E-state index contributed by atoms with van der Waals surface area (Å²) in [5, 5.41) is 0. The van der Waals surface area contributed by atoms with Gasteiger partial charge in [-0.3, -0.25) is 4.79 Å². The Kier molecular flexibility index (Phi) is 6.18. The number of hydrogen-bond acceptors (Lipinski definition) is 4. The zero-order chi connectivity index (χ0) is 14.4. The van der Waals surface area contributed by atoms with E-state index in [1.54, 1.807) is 11.8 Å². The standard InChI is InChI=1S/C14H23N3OS/c1-10(2)8-17(9-14(16)18)12-5-4-6-13(19-3)11(12)7-15/h4-6,10H,7-9,15H2,1-3H3,(H2,16,18). The minimum atomic E-state index is -0.321. The molecule has 0 atom stereocenters. The molecule has 5 heteroatoms. The molecule has 0 unspecified atom stereocenters. The Balaban J connectivity index is 3.16. The van der Waals surface area contributed by atoms with E-state index in [2.05, 4.69) is 13.8 Å². The number of benzene rings is 1. The van der Waals surface area contributed by atoms with Crippen molar-refractivity contribution >= 4 is 23.4 Å². The number of primary amides is 1. The van der Waals surface area contributed by atoms with Crippen LogP contribution in [0, 0.1) is 5.92 Å². The Labute approximate surface area is 119 Å². The average molecular weight is 281 g/mol. The van der Waals surface area contributed by atoms with E-state index in [-0.39, 0.29) is 12.5 Å². The third-order valence-electron chi connectivity index (χ3n) is 2.81. The van der Waals surface area contributed by atoms with Crippen molar-refractivity contribution in [2.45, 2.75) is 25.3 Å². The van der Waals surface area contributed by atoms with Gasteiger partial charge in [-0.2, -0.15) is 0 Å². The Hall–Kier alpha value is -1.20. The summed E-state index contributed by atoms with van der Waals surface area (Å²) in [6, 6.07) is 6.05. The van der Waals surface area contributed by atoms with Gasteiger partial charge in [0, 0.05) is 29.2 Å². The van der Waals surface area contributed by atoms with Crippen molar-refractivity contribution in [3.63, 3.8) is 0 Å². The molecule has 0 aliphatic carbocycles. The molecule has 0 saturated heterocycles. The minimum Gasteiger partial charge on any atom is -0.368 e. The molecule has 0 fully saturated rings. The lowest BCUT2D eigenvalue weighted by Gasteiger charge is -2.28. The van der Waals surface area contributed by atoms with Crippen LogP contribution >= 0.6 is 11.8 Å².